The Kier molecular flexibility index (Phi) is 5.75. The number of hydrogen-bond donors (Lipinski definition) is 2. The van der Waals surface area contributed by atoms with Crippen molar-refractivity contribution in [2.24, 2.45) is 5.41 Å². The van der Waals surface area contributed by atoms with E-state index in [1.54, 1.807) is 0 Å². The van der Waals surface area contributed by atoms with Crippen molar-refractivity contribution in [3.63, 3.8) is 0 Å². The van der Waals surface area contributed by atoms with Gasteiger partial charge in [-0.1, -0.05) is 0 Å². The highest BCUT2D eigenvalue weighted by molar-refractivity contribution is 6.25. The lowest BCUT2D eigenvalue weighted by Gasteiger charge is -2.56. The molecule has 1 aromatic carbocycles. The maximum Gasteiger partial charge on any atom is 0.491 e. The molecule has 3 saturated heterocycles. The van der Waals surface area contributed by atoms with Gasteiger partial charge in [0.2, 0.25) is 11.8 Å². The zero-order valence-electron chi connectivity index (χ0n) is 18.8. The zero-order valence-corrected chi connectivity index (χ0v) is 18.8. The molecule has 11 nitrogen and oxygen atoms in total. The van der Waals surface area contributed by atoms with Crippen LogP contribution in [0.5, 0.6) is 11.5 Å². The van der Waals surface area contributed by atoms with Gasteiger partial charge in [-0.3, -0.25) is 34.3 Å². The molecule has 4 heterocycles. The Bertz CT molecular complexity index is 1170. The van der Waals surface area contributed by atoms with E-state index in [-0.39, 0.29) is 36.2 Å². The minimum atomic E-state index is -5.38. The van der Waals surface area contributed by atoms with Crippen molar-refractivity contribution in [2.45, 2.75) is 25.1 Å². The summed E-state index contributed by atoms with van der Waals surface area (Å²) < 4.78 is 49.1. The van der Waals surface area contributed by atoms with Crippen LogP contribution in [0.3, 0.4) is 0 Å². The van der Waals surface area contributed by atoms with E-state index < -0.39 is 53.1 Å². The second kappa shape index (κ2) is 8.55. The zero-order chi connectivity index (χ0) is 25.8. The van der Waals surface area contributed by atoms with E-state index in [4.69, 9.17) is 4.74 Å². The summed E-state index contributed by atoms with van der Waals surface area (Å²) in [4.78, 5) is 64.2. The first kappa shape index (κ1) is 24.2. The van der Waals surface area contributed by atoms with Crippen LogP contribution >= 0.6 is 0 Å². The van der Waals surface area contributed by atoms with Crippen molar-refractivity contribution in [2.75, 3.05) is 39.3 Å². The standard InChI is InChI=1S/C22H21F3N4O7/c23-22(24,25)20(34)36-16-13(35-6-5-28-9-21(10-28)7-26-8-21)3-1-11-15(16)19(33)29(18(11)32)12-2-4-14(30)27-17(12)31/h1,3,12,26H,2,4-10H2,(H,27,30,31). The Balaban J connectivity index is 1.39. The highest BCUT2D eigenvalue weighted by atomic mass is 19.4. The van der Waals surface area contributed by atoms with Gasteiger partial charge < -0.3 is 14.8 Å². The quantitative estimate of drug-likeness (QED) is 0.304. The average Bonchev–Trinajstić information content (AvgIpc) is 2.99. The second-order valence-corrected chi connectivity index (χ2v) is 9.31. The van der Waals surface area contributed by atoms with Crippen LogP contribution in [-0.2, 0) is 14.4 Å². The fourth-order valence-electron chi connectivity index (χ4n) is 4.92. The predicted octanol–water partition coefficient (Wildman–Crippen LogP) is -0.160. The van der Waals surface area contributed by atoms with E-state index in [9.17, 15) is 37.1 Å². The molecule has 1 unspecified atom stereocenters. The van der Waals surface area contributed by atoms with Crippen LogP contribution in [0.25, 0.3) is 0 Å². The molecule has 4 aliphatic rings. The van der Waals surface area contributed by atoms with Gasteiger partial charge in [0.1, 0.15) is 12.6 Å². The third-order valence-corrected chi connectivity index (χ3v) is 6.73. The van der Waals surface area contributed by atoms with Crippen LogP contribution in [0.1, 0.15) is 33.6 Å². The Morgan fingerprint density at radius 3 is 2.44 bits per heavy atom. The number of fused-ring (bicyclic) bond motifs is 1. The number of likely N-dealkylation sites (tertiary alicyclic amines) is 1. The lowest BCUT2D eigenvalue weighted by Crippen LogP contribution is -2.71. The van der Waals surface area contributed by atoms with Crippen LogP contribution in [-0.4, -0.2) is 90.9 Å². The summed E-state index contributed by atoms with van der Waals surface area (Å²) in [5.74, 6) is -7.31. The maximum absolute atomic E-state index is 13.2. The second-order valence-electron chi connectivity index (χ2n) is 9.31. The highest BCUT2D eigenvalue weighted by Crippen LogP contribution is 2.41. The van der Waals surface area contributed by atoms with Crippen molar-refractivity contribution in [3.05, 3.63) is 23.3 Å². The first-order valence-corrected chi connectivity index (χ1v) is 11.2. The number of esters is 1. The minimum Gasteiger partial charge on any atom is -0.488 e. The van der Waals surface area contributed by atoms with Crippen LogP contribution in [0.15, 0.2) is 12.1 Å². The molecule has 0 aliphatic carbocycles. The Morgan fingerprint density at radius 1 is 1.11 bits per heavy atom. The van der Waals surface area contributed by atoms with Gasteiger partial charge in [0.05, 0.1) is 11.1 Å². The Morgan fingerprint density at radius 2 is 1.83 bits per heavy atom. The smallest absolute Gasteiger partial charge is 0.488 e. The summed E-state index contributed by atoms with van der Waals surface area (Å²) in [6, 6.07) is 0.968. The third-order valence-electron chi connectivity index (χ3n) is 6.73. The monoisotopic (exact) mass is 510 g/mol. The predicted molar refractivity (Wildman–Crippen MR) is 112 cm³/mol. The Labute approximate surface area is 201 Å². The van der Waals surface area contributed by atoms with Crippen molar-refractivity contribution in [1.82, 2.24) is 20.4 Å². The van der Waals surface area contributed by atoms with Crippen LogP contribution in [0.2, 0.25) is 0 Å². The minimum absolute atomic E-state index is 0.0257. The summed E-state index contributed by atoms with van der Waals surface area (Å²) in [5, 5.41) is 5.23. The molecular formula is C22H21F3N4O7. The number of nitrogens with one attached hydrogen (secondary N) is 2. The molecule has 0 bridgehead atoms. The molecule has 1 atom stereocenters. The number of carbonyl (C=O) groups excluding carboxylic acids is 5. The number of alkyl halides is 3. The number of halogens is 3. The fourth-order valence-corrected chi connectivity index (χ4v) is 4.92. The van der Waals surface area contributed by atoms with Crippen molar-refractivity contribution < 1.29 is 46.6 Å². The topological polar surface area (TPSA) is 134 Å². The molecule has 4 amide bonds. The van der Waals surface area contributed by atoms with Gasteiger partial charge in [0.25, 0.3) is 11.8 Å². The molecule has 192 valence electrons. The normalized spacial score (nSPS) is 23.2. The molecule has 1 aromatic rings. The first-order chi connectivity index (χ1) is 17.0. The summed E-state index contributed by atoms with van der Waals surface area (Å²) in [7, 11) is 0. The highest BCUT2D eigenvalue weighted by Gasteiger charge is 2.49. The van der Waals surface area contributed by atoms with Crippen molar-refractivity contribution in [1.29, 1.82) is 0 Å². The van der Waals surface area contributed by atoms with Crippen molar-refractivity contribution in [3.8, 4) is 11.5 Å². The van der Waals surface area contributed by atoms with E-state index in [2.05, 4.69) is 15.0 Å². The number of amides is 4. The lowest BCUT2D eigenvalue weighted by molar-refractivity contribution is -0.189. The number of hydrogen-bond acceptors (Lipinski definition) is 9. The van der Waals surface area contributed by atoms with Gasteiger partial charge in [-0.2, -0.15) is 13.2 Å². The molecule has 0 radical (unpaired) electrons. The van der Waals surface area contributed by atoms with E-state index in [0.29, 0.717) is 11.4 Å². The maximum atomic E-state index is 13.2. The largest absolute Gasteiger partial charge is 0.491 e. The molecule has 3 fully saturated rings. The number of piperidine rings is 1. The number of imide groups is 2. The van der Waals surface area contributed by atoms with Gasteiger partial charge >= 0.3 is 12.1 Å². The number of nitrogens with zero attached hydrogens (tertiary/aromatic N) is 2. The summed E-state index contributed by atoms with van der Waals surface area (Å²) in [6.45, 7) is 4.01. The molecule has 4 aliphatic heterocycles. The number of ether oxygens (including phenoxy) is 2. The number of rotatable bonds is 6. The van der Waals surface area contributed by atoms with Gasteiger partial charge in [-0.15, -0.1) is 0 Å². The molecule has 1 spiro atoms. The Hall–Kier alpha value is -3.52. The van der Waals surface area contributed by atoms with Gasteiger partial charge in [-0.25, -0.2) is 4.79 Å². The molecule has 0 aromatic heterocycles. The van der Waals surface area contributed by atoms with E-state index in [1.165, 1.54) is 6.07 Å². The summed E-state index contributed by atoms with van der Waals surface area (Å²) in [6.07, 6.45) is -5.66. The van der Waals surface area contributed by atoms with Crippen LogP contribution in [0.4, 0.5) is 13.2 Å². The van der Waals surface area contributed by atoms with Crippen molar-refractivity contribution >= 4 is 29.6 Å². The molecule has 2 N–H and O–H groups in total. The van der Waals surface area contributed by atoms with Crippen LogP contribution in [0, 0.1) is 5.41 Å². The van der Waals surface area contributed by atoms with E-state index in [0.717, 1.165) is 32.2 Å². The number of benzene rings is 1. The van der Waals surface area contributed by atoms with E-state index in [1.807, 2.05) is 5.32 Å². The average molecular weight is 510 g/mol. The molecule has 5 rings (SSSR count). The number of carbonyl (C=O) groups is 5. The molecular weight excluding hydrogens is 489 g/mol. The third kappa shape index (κ3) is 4.09. The molecule has 0 saturated carbocycles. The van der Waals surface area contributed by atoms with Crippen LogP contribution < -0.4 is 20.1 Å². The molecule has 36 heavy (non-hydrogen) atoms. The fraction of sp³-hybridized carbons (Fsp3) is 0.500. The van der Waals surface area contributed by atoms with Gasteiger partial charge in [0, 0.05) is 44.6 Å². The summed E-state index contributed by atoms with van der Waals surface area (Å²) >= 11 is 0. The first-order valence-electron chi connectivity index (χ1n) is 11.2. The lowest BCUT2D eigenvalue weighted by atomic mass is 9.74. The van der Waals surface area contributed by atoms with E-state index >= 15 is 0 Å². The SMILES string of the molecule is O=C1CCC(N2C(=O)c3ccc(OCCN4CC5(CNC5)C4)c(OC(=O)C(F)(F)F)c3C2=O)C(=O)N1. The van der Waals surface area contributed by atoms with Gasteiger partial charge in [-0.05, 0) is 18.6 Å². The van der Waals surface area contributed by atoms with Gasteiger partial charge in [0.15, 0.2) is 11.5 Å². The summed E-state index contributed by atoms with van der Waals surface area (Å²) in [5.41, 5.74) is -0.694. The molecule has 14 heteroatoms.